The second-order valence-corrected chi connectivity index (χ2v) is 3.05. The van der Waals surface area contributed by atoms with Crippen LogP contribution in [0.15, 0.2) is 0 Å². The minimum Gasteiger partial charge on any atom is -0.491 e. The van der Waals surface area contributed by atoms with Crippen LogP contribution in [0.1, 0.15) is 17.4 Å². The van der Waals surface area contributed by atoms with Gasteiger partial charge in [0.25, 0.3) is 0 Å². The van der Waals surface area contributed by atoms with Gasteiger partial charge >= 0.3 is 5.97 Å². The van der Waals surface area contributed by atoms with E-state index in [-0.39, 0.29) is 16.9 Å². The molecule has 0 aliphatic carbocycles. The van der Waals surface area contributed by atoms with E-state index in [0.29, 0.717) is 0 Å². The number of carbonyl (C=O) groups is 2. The van der Waals surface area contributed by atoms with Crippen LogP contribution in [0.25, 0.3) is 0 Å². The molecule has 0 unspecified atom stereocenters. The summed E-state index contributed by atoms with van der Waals surface area (Å²) in [5, 5.41) is 10.8. The van der Waals surface area contributed by atoms with Crippen molar-refractivity contribution in [2.75, 3.05) is 12.4 Å². The minimum atomic E-state index is -1.33. The maximum atomic E-state index is 10.9. The quantitative estimate of drug-likeness (QED) is 0.764. The van der Waals surface area contributed by atoms with E-state index in [1.165, 1.54) is 14.0 Å². The van der Waals surface area contributed by atoms with E-state index in [4.69, 9.17) is 21.4 Å². The van der Waals surface area contributed by atoms with Crippen molar-refractivity contribution in [1.29, 1.82) is 0 Å². The van der Waals surface area contributed by atoms with Crippen molar-refractivity contribution < 1.29 is 19.4 Å². The highest BCUT2D eigenvalue weighted by atomic mass is 35.5. The molecule has 0 spiro atoms. The highest BCUT2D eigenvalue weighted by Crippen LogP contribution is 2.27. The van der Waals surface area contributed by atoms with Crippen LogP contribution >= 0.6 is 11.6 Å². The van der Waals surface area contributed by atoms with Gasteiger partial charge in [0.05, 0.1) is 7.11 Å². The first kappa shape index (κ1) is 12.2. The number of nitrogens with zero attached hydrogens (tertiary/aromatic N) is 2. The van der Waals surface area contributed by atoms with Gasteiger partial charge in [-0.05, 0) is 11.6 Å². The number of methoxy groups -OCH3 is 1. The number of anilines is 1. The van der Waals surface area contributed by atoms with Gasteiger partial charge in [-0.15, -0.1) is 0 Å². The number of carboxylic acids is 1. The van der Waals surface area contributed by atoms with Crippen LogP contribution in [0.3, 0.4) is 0 Å². The number of carboxylic acid groups (broad SMARTS) is 1. The standard InChI is InChI=1S/C8H8ClN3O4/c1-3(13)10-6-5(16-2)4(7(14)15)11-8(9)12-6/h1-2H3,(H,14,15)(H,10,11,12,13). The largest absolute Gasteiger partial charge is 0.491 e. The average molecular weight is 246 g/mol. The predicted molar refractivity (Wildman–Crippen MR) is 54.9 cm³/mol. The van der Waals surface area contributed by atoms with Crippen molar-refractivity contribution in [1.82, 2.24) is 9.97 Å². The molecule has 0 saturated carbocycles. The summed E-state index contributed by atoms with van der Waals surface area (Å²) in [5.41, 5.74) is -0.411. The van der Waals surface area contributed by atoms with E-state index in [2.05, 4.69) is 15.3 Å². The summed E-state index contributed by atoms with van der Waals surface area (Å²) in [7, 11) is 1.24. The van der Waals surface area contributed by atoms with Gasteiger partial charge in [-0.25, -0.2) is 9.78 Å². The van der Waals surface area contributed by atoms with Gasteiger partial charge in [0.1, 0.15) is 0 Å². The van der Waals surface area contributed by atoms with Crippen LogP contribution in [-0.4, -0.2) is 34.1 Å². The summed E-state index contributed by atoms with van der Waals surface area (Å²) in [4.78, 5) is 28.8. The smallest absolute Gasteiger partial charge is 0.358 e. The third kappa shape index (κ3) is 2.57. The van der Waals surface area contributed by atoms with Crippen molar-refractivity contribution in [3.63, 3.8) is 0 Å². The van der Waals surface area contributed by atoms with Gasteiger partial charge in [0.15, 0.2) is 17.3 Å². The fourth-order valence-corrected chi connectivity index (χ4v) is 1.18. The van der Waals surface area contributed by atoms with Crippen LogP contribution < -0.4 is 10.1 Å². The second-order valence-electron chi connectivity index (χ2n) is 2.71. The Morgan fingerprint density at radius 3 is 2.50 bits per heavy atom. The molecular weight excluding hydrogens is 238 g/mol. The second kappa shape index (κ2) is 4.75. The minimum absolute atomic E-state index is 0.0765. The van der Waals surface area contributed by atoms with Crippen LogP contribution in [0, 0.1) is 0 Å². The molecule has 1 rings (SSSR count). The van der Waals surface area contributed by atoms with Gasteiger partial charge in [0.2, 0.25) is 11.2 Å². The van der Waals surface area contributed by atoms with Crippen LogP contribution in [-0.2, 0) is 4.79 Å². The first-order chi connectivity index (χ1) is 7.45. The molecule has 7 nitrogen and oxygen atoms in total. The molecule has 86 valence electrons. The summed E-state index contributed by atoms with van der Waals surface area (Å²) in [6.07, 6.45) is 0. The van der Waals surface area contributed by atoms with E-state index in [0.717, 1.165) is 0 Å². The zero-order chi connectivity index (χ0) is 12.3. The Hall–Kier alpha value is -1.89. The third-order valence-corrected chi connectivity index (χ3v) is 1.71. The lowest BCUT2D eigenvalue weighted by molar-refractivity contribution is -0.114. The molecule has 0 aliphatic rings. The topological polar surface area (TPSA) is 101 Å². The van der Waals surface area contributed by atoms with Crippen molar-refractivity contribution >= 4 is 29.3 Å². The Labute approximate surface area is 95.4 Å². The third-order valence-electron chi connectivity index (χ3n) is 1.54. The molecular formula is C8H8ClN3O4. The number of aromatic nitrogens is 2. The molecule has 1 amide bonds. The number of nitrogens with one attached hydrogen (secondary N) is 1. The normalized spacial score (nSPS) is 9.69. The molecule has 0 bridgehead atoms. The highest BCUT2D eigenvalue weighted by molar-refractivity contribution is 6.28. The van der Waals surface area contributed by atoms with Crippen LogP contribution in [0.5, 0.6) is 5.75 Å². The fourth-order valence-electron chi connectivity index (χ4n) is 1.01. The fraction of sp³-hybridized carbons (Fsp3) is 0.250. The van der Waals surface area contributed by atoms with E-state index in [1.54, 1.807) is 0 Å². The molecule has 1 aromatic rings. The number of ether oxygens (including phenoxy) is 1. The molecule has 0 aromatic carbocycles. The highest BCUT2D eigenvalue weighted by Gasteiger charge is 2.20. The Morgan fingerprint density at radius 1 is 1.44 bits per heavy atom. The summed E-state index contributed by atoms with van der Waals surface area (Å²) in [5.74, 6) is -1.98. The van der Waals surface area contributed by atoms with Gasteiger partial charge in [0, 0.05) is 6.92 Å². The monoisotopic (exact) mass is 245 g/mol. The van der Waals surface area contributed by atoms with Crippen molar-refractivity contribution in [2.45, 2.75) is 6.92 Å². The molecule has 16 heavy (non-hydrogen) atoms. The lowest BCUT2D eigenvalue weighted by Gasteiger charge is -2.09. The van der Waals surface area contributed by atoms with Crippen LogP contribution in [0.2, 0.25) is 5.28 Å². The average Bonchev–Trinajstić information content (AvgIpc) is 2.15. The van der Waals surface area contributed by atoms with Crippen molar-refractivity contribution in [2.24, 2.45) is 0 Å². The lowest BCUT2D eigenvalue weighted by Crippen LogP contribution is -2.13. The van der Waals surface area contributed by atoms with E-state index in [1.807, 2.05) is 0 Å². The number of hydrogen-bond acceptors (Lipinski definition) is 5. The number of rotatable bonds is 3. The number of halogens is 1. The molecule has 8 heteroatoms. The molecule has 0 radical (unpaired) electrons. The zero-order valence-electron chi connectivity index (χ0n) is 8.44. The molecule has 1 aromatic heterocycles. The number of hydrogen-bond donors (Lipinski definition) is 2. The SMILES string of the molecule is COc1c(NC(C)=O)nc(Cl)nc1C(=O)O. The molecule has 1 heterocycles. The van der Waals surface area contributed by atoms with Crippen molar-refractivity contribution in [3.05, 3.63) is 11.0 Å². The first-order valence-corrected chi connectivity index (χ1v) is 4.46. The maximum Gasteiger partial charge on any atom is 0.358 e. The Kier molecular flexibility index (Phi) is 3.62. The van der Waals surface area contributed by atoms with Crippen molar-refractivity contribution in [3.8, 4) is 5.75 Å². The summed E-state index contributed by atoms with van der Waals surface area (Å²) in [6, 6.07) is 0. The Balaban J connectivity index is 3.35. The maximum absolute atomic E-state index is 10.9. The zero-order valence-corrected chi connectivity index (χ0v) is 9.20. The van der Waals surface area contributed by atoms with Gasteiger partial charge in [-0.1, -0.05) is 0 Å². The van der Waals surface area contributed by atoms with E-state index < -0.39 is 17.6 Å². The summed E-state index contributed by atoms with van der Waals surface area (Å²) < 4.78 is 4.81. The molecule has 0 aliphatic heterocycles. The van der Waals surface area contributed by atoms with Crippen LogP contribution in [0.4, 0.5) is 5.82 Å². The Morgan fingerprint density at radius 2 is 2.06 bits per heavy atom. The molecule has 0 saturated heterocycles. The van der Waals surface area contributed by atoms with Gasteiger partial charge < -0.3 is 15.2 Å². The molecule has 0 fully saturated rings. The predicted octanol–water partition coefficient (Wildman–Crippen LogP) is 0.795. The number of carbonyl (C=O) groups excluding carboxylic acids is 1. The summed E-state index contributed by atoms with van der Waals surface area (Å²) in [6.45, 7) is 1.25. The first-order valence-electron chi connectivity index (χ1n) is 4.08. The lowest BCUT2D eigenvalue weighted by atomic mass is 10.3. The van der Waals surface area contributed by atoms with E-state index in [9.17, 15) is 9.59 Å². The van der Waals surface area contributed by atoms with Gasteiger partial charge in [-0.3, -0.25) is 4.79 Å². The number of amides is 1. The Bertz CT molecular complexity index is 449. The van der Waals surface area contributed by atoms with E-state index >= 15 is 0 Å². The molecule has 2 N–H and O–H groups in total. The summed E-state index contributed by atoms with van der Waals surface area (Å²) >= 11 is 5.51. The van der Waals surface area contributed by atoms with Gasteiger partial charge in [-0.2, -0.15) is 4.98 Å². The molecule has 0 atom stereocenters. The number of aromatic carboxylic acids is 1.